The molecule has 0 unspecified atom stereocenters. The number of carbonyl (C=O) groups is 1. The van der Waals surface area contributed by atoms with Gasteiger partial charge < -0.3 is 15.2 Å². The minimum absolute atomic E-state index is 0.0586. The van der Waals surface area contributed by atoms with E-state index in [1.807, 2.05) is 30.3 Å². The predicted octanol–water partition coefficient (Wildman–Crippen LogP) is 2.72. The van der Waals surface area contributed by atoms with Crippen LogP contribution < -0.4 is 5.32 Å². The van der Waals surface area contributed by atoms with Gasteiger partial charge in [0.05, 0.1) is 12.6 Å². The van der Waals surface area contributed by atoms with Crippen molar-refractivity contribution in [2.45, 2.75) is 12.5 Å². The van der Waals surface area contributed by atoms with Gasteiger partial charge in [0.2, 0.25) is 0 Å². The molecule has 2 aromatic carbocycles. The average molecular weight is 243 g/mol. The second-order valence-electron chi connectivity index (χ2n) is 4.34. The van der Waals surface area contributed by atoms with Crippen molar-refractivity contribution in [2.24, 2.45) is 0 Å². The van der Waals surface area contributed by atoms with Gasteiger partial charge in [-0.1, -0.05) is 30.3 Å². The number of benzene rings is 2. The summed E-state index contributed by atoms with van der Waals surface area (Å²) >= 11 is 0. The fourth-order valence-electron chi connectivity index (χ4n) is 2.37. The number of nitrogens with one attached hydrogen (secondary N) is 1. The van der Waals surface area contributed by atoms with E-state index in [-0.39, 0.29) is 17.9 Å². The number of rotatable bonds is 1. The topological polar surface area (TPSA) is 58.6 Å². The molecule has 1 heterocycles. The molecular weight excluding hydrogens is 230 g/mol. The van der Waals surface area contributed by atoms with Gasteiger partial charge in [-0.05, 0) is 17.0 Å². The zero-order valence-corrected chi connectivity index (χ0v) is 9.72. The van der Waals surface area contributed by atoms with Crippen molar-refractivity contribution in [3.05, 3.63) is 42.0 Å². The van der Waals surface area contributed by atoms with Crippen molar-refractivity contribution < 1.29 is 14.6 Å². The fourth-order valence-corrected chi connectivity index (χ4v) is 2.37. The highest BCUT2D eigenvalue weighted by Gasteiger charge is 2.22. The number of phenolic OH excluding ortho intramolecular Hbond substituents is 1. The number of phenols is 1. The van der Waals surface area contributed by atoms with E-state index in [4.69, 9.17) is 4.74 Å². The number of cyclic esters (lactones) is 1. The van der Waals surface area contributed by atoms with Gasteiger partial charge in [0, 0.05) is 11.8 Å². The van der Waals surface area contributed by atoms with Crippen LogP contribution in [0.5, 0.6) is 5.75 Å². The van der Waals surface area contributed by atoms with Crippen molar-refractivity contribution in [1.82, 2.24) is 5.32 Å². The molecule has 0 spiro atoms. The quantitative estimate of drug-likeness (QED) is 0.809. The summed E-state index contributed by atoms with van der Waals surface area (Å²) in [6, 6.07) is 11.1. The molecule has 18 heavy (non-hydrogen) atoms. The van der Waals surface area contributed by atoms with Crippen LogP contribution in [0.15, 0.2) is 36.4 Å². The number of fused-ring (bicyclic) bond motifs is 1. The number of aromatic hydroxyl groups is 1. The van der Waals surface area contributed by atoms with Gasteiger partial charge in [0.15, 0.2) is 0 Å². The molecule has 92 valence electrons. The summed E-state index contributed by atoms with van der Waals surface area (Å²) in [6.45, 7) is 0.422. The fraction of sp³-hybridized carbons (Fsp3) is 0.214. The third kappa shape index (κ3) is 1.76. The van der Waals surface area contributed by atoms with Crippen LogP contribution >= 0.6 is 0 Å². The summed E-state index contributed by atoms with van der Waals surface area (Å²) in [7, 11) is 0. The first-order valence-electron chi connectivity index (χ1n) is 5.89. The highest BCUT2D eigenvalue weighted by molar-refractivity contribution is 5.91. The van der Waals surface area contributed by atoms with E-state index in [9.17, 15) is 9.90 Å². The van der Waals surface area contributed by atoms with Gasteiger partial charge in [0.25, 0.3) is 0 Å². The molecule has 2 aromatic rings. The molecule has 1 saturated heterocycles. The second kappa shape index (κ2) is 4.22. The largest absolute Gasteiger partial charge is 0.507 e. The highest BCUT2D eigenvalue weighted by Crippen LogP contribution is 2.32. The Morgan fingerprint density at radius 2 is 1.94 bits per heavy atom. The first kappa shape index (κ1) is 10.9. The number of alkyl carbamates (subject to hydrolysis) is 1. The van der Waals surface area contributed by atoms with Gasteiger partial charge in [0.1, 0.15) is 5.75 Å². The first-order chi connectivity index (χ1) is 8.75. The zero-order chi connectivity index (χ0) is 12.5. The molecule has 1 amide bonds. The minimum Gasteiger partial charge on any atom is -0.507 e. The van der Waals surface area contributed by atoms with Crippen LogP contribution in [0.2, 0.25) is 0 Å². The van der Waals surface area contributed by atoms with E-state index < -0.39 is 0 Å². The maximum Gasteiger partial charge on any atom is 0.407 e. The molecule has 0 radical (unpaired) electrons. The normalized spacial score (nSPS) is 19.3. The van der Waals surface area contributed by atoms with Crippen LogP contribution in [0.3, 0.4) is 0 Å². The molecule has 1 aliphatic rings. The third-order valence-corrected chi connectivity index (χ3v) is 3.24. The summed E-state index contributed by atoms with van der Waals surface area (Å²) < 4.78 is 4.87. The lowest BCUT2D eigenvalue weighted by Crippen LogP contribution is -2.35. The van der Waals surface area contributed by atoms with Crippen LogP contribution in [0.25, 0.3) is 10.8 Å². The van der Waals surface area contributed by atoms with E-state index in [1.54, 1.807) is 6.07 Å². The minimum atomic E-state index is -0.386. The lowest BCUT2D eigenvalue weighted by molar-refractivity contribution is 0.116. The standard InChI is InChI=1S/C14H13NO3/c16-13-6-5-10(9-3-1-2-4-11(9)13)12-7-8-18-14(17)15-12/h1-6,12,16H,7-8H2,(H,15,17)/t12-/m1/s1. The highest BCUT2D eigenvalue weighted by atomic mass is 16.5. The summed E-state index contributed by atoms with van der Waals surface area (Å²) in [4.78, 5) is 11.3. The van der Waals surface area contributed by atoms with E-state index in [0.29, 0.717) is 6.61 Å². The predicted molar refractivity (Wildman–Crippen MR) is 67.5 cm³/mol. The first-order valence-corrected chi connectivity index (χ1v) is 5.89. The molecule has 1 atom stereocenters. The van der Waals surface area contributed by atoms with Crippen LogP contribution in [-0.4, -0.2) is 17.8 Å². The summed E-state index contributed by atoms with van der Waals surface area (Å²) in [6.07, 6.45) is 0.351. The van der Waals surface area contributed by atoms with Crippen LogP contribution in [0.4, 0.5) is 4.79 Å². The second-order valence-corrected chi connectivity index (χ2v) is 4.34. The Labute approximate surface area is 104 Å². The molecule has 0 aliphatic carbocycles. The molecule has 0 saturated carbocycles. The lowest BCUT2D eigenvalue weighted by atomic mass is 9.96. The lowest BCUT2D eigenvalue weighted by Gasteiger charge is -2.25. The molecule has 0 bridgehead atoms. The average Bonchev–Trinajstić information content (AvgIpc) is 2.39. The van der Waals surface area contributed by atoms with E-state index in [2.05, 4.69) is 5.32 Å². The summed E-state index contributed by atoms with van der Waals surface area (Å²) in [5, 5.41) is 14.4. The van der Waals surface area contributed by atoms with Crippen molar-refractivity contribution in [1.29, 1.82) is 0 Å². The Balaban J connectivity index is 2.11. The number of hydrogen-bond acceptors (Lipinski definition) is 3. The Morgan fingerprint density at radius 3 is 2.72 bits per heavy atom. The van der Waals surface area contributed by atoms with Crippen LogP contribution in [-0.2, 0) is 4.74 Å². The molecule has 0 aromatic heterocycles. The van der Waals surface area contributed by atoms with E-state index in [1.165, 1.54) is 0 Å². The van der Waals surface area contributed by atoms with E-state index >= 15 is 0 Å². The Morgan fingerprint density at radius 1 is 1.17 bits per heavy atom. The van der Waals surface area contributed by atoms with Crippen LogP contribution in [0.1, 0.15) is 18.0 Å². The number of amides is 1. The molecule has 4 heteroatoms. The molecular formula is C14H13NO3. The monoisotopic (exact) mass is 243 g/mol. The number of hydrogen-bond donors (Lipinski definition) is 2. The van der Waals surface area contributed by atoms with Gasteiger partial charge in [-0.25, -0.2) is 4.79 Å². The zero-order valence-electron chi connectivity index (χ0n) is 9.72. The summed E-state index contributed by atoms with van der Waals surface area (Å²) in [5.74, 6) is 0.257. The van der Waals surface area contributed by atoms with Gasteiger partial charge in [-0.15, -0.1) is 0 Å². The molecule has 1 aliphatic heterocycles. The SMILES string of the molecule is O=C1N[C@@H](c2ccc(O)c3ccccc23)CCO1. The Hall–Kier alpha value is -2.23. The molecule has 2 N–H and O–H groups in total. The van der Waals surface area contributed by atoms with Gasteiger partial charge in [-0.3, -0.25) is 0 Å². The number of carbonyl (C=O) groups excluding carboxylic acids is 1. The maximum atomic E-state index is 11.3. The third-order valence-electron chi connectivity index (χ3n) is 3.24. The van der Waals surface area contributed by atoms with E-state index in [0.717, 1.165) is 22.8 Å². The molecule has 1 fully saturated rings. The van der Waals surface area contributed by atoms with Crippen molar-refractivity contribution in [3.63, 3.8) is 0 Å². The Kier molecular flexibility index (Phi) is 2.55. The van der Waals surface area contributed by atoms with Crippen molar-refractivity contribution in [3.8, 4) is 5.75 Å². The molecule has 3 rings (SSSR count). The summed E-state index contributed by atoms with van der Waals surface area (Å²) in [5.41, 5.74) is 1.01. The van der Waals surface area contributed by atoms with Gasteiger partial charge in [-0.2, -0.15) is 0 Å². The molecule has 4 nitrogen and oxygen atoms in total. The van der Waals surface area contributed by atoms with Crippen LogP contribution in [0, 0.1) is 0 Å². The smallest absolute Gasteiger partial charge is 0.407 e. The Bertz CT molecular complexity index is 609. The maximum absolute atomic E-state index is 11.3. The number of ether oxygens (including phenoxy) is 1. The van der Waals surface area contributed by atoms with Gasteiger partial charge >= 0.3 is 6.09 Å². The van der Waals surface area contributed by atoms with Crippen molar-refractivity contribution >= 4 is 16.9 Å². The van der Waals surface area contributed by atoms with Crippen molar-refractivity contribution in [2.75, 3.05) is 6.61 Å².